The third-order valence-electron chi connectivity index (χ3n) is 4.37. The topological polar surface area (TPSA) is 83.6 Å². The molecule has 10 heteroatoms. The van der Waals surface area contributed by atoms with Crippen LogP contribution in [0.4, 0.5) is 23.7 Å². The molecule has 0 atom stereocenters. The van der Waals surface area contributed by atoms with Gasteiger partial charge in [0.15, 0.2) is 6.61 Å². The molecule has 160 valence electrons. The van der Waals surface area contributed by atoms with Crippen LogP contribution in [-0.4, -0.2) is 41.2 Å². The van der Waals surface area contributed by atoms with E-state index >= 15 is 0 Å². The quantitative estimate of drug-likeness (QED) is 0.716. The molecule has 2 heterocycles. The van der Waals surface area contributed by atoms with Crippen LogP contribution >= 0.6 is 0 Å². The van der Waals surface area contributed by atoms with Gasteiger partial charge >= 0.3 is 12.2 Å². The van der Waals surface area contributed by atoms with Crippen molar-refractivity contribution in [1.29, 1.82) is 0 Å². The first-order valence-electron chi connectivity index (χ1n) is 9.34. The monoisotopic (exact) mass is 422 g/mol. The molecule has 1 aromatic carbocycles. The largest absolute Gasteiger partial charge is 0.468 e. The highest BCUT2D eigenvalue weighted by atomic mass is 19.4. The van der Waals surface area contributed by atoms with Crippen LogP contribution in [0.1, 0.15) is 24.0 Å². The molecule has 0 spiro atoms. The predicted octanol–water partition coefficient (Wildman–Crippen LogP) is 3.47. The molecular weight excluding hydrogens is 401 g/mol. The Labute approximate surface area is 171 Å². The molecule has 2 aromatic rings. The first-order chi connectivity index (χ1) is 14.3. The molecule has 1 saturated heterocycles. The number of nitrogens with one attached hydrogen (secondary N) is 2. The van der Waals surface area contributed by atoms with Crippen LogP contribution in [0.15, 0.2) is 42.6 Å². The van der Waals surface area contributed by atoms with Crippen molar-refractivity contribution in [3.05, 3.63) is 53.7 Å². The lowest BCUT2D eigenvalue weighted by atomic mass is 10.1. The maximum absolute atomic E-state index is 12.1. The average molecular weight is 422 g/mol. The summed E-state index contributed by atoms with van der Waals surface area (Å²) < 4.78 is 40.9. The molecule has 3 amide bonds. The van der Waals surface area contributed by atoms with Gasteiger partial charge in [0.25, 0.3) is 0 Å². The summed E-state index contributed by atoms with van der Waals surface area (Å²) in [7, 11) is 0. The molecule has 2 N–H and O–H groups in total. The molecule has 7 nitrogen and oxygen atoms in total. The van der Waals surface area contributed by atoms with Gasteiger partial charge in [-0.3, -0.25) is 4.79 Å². The zero-order valence-corrected chi connectivity index (χ0v) is 16.0. The molecule has 0 aliphatic carbocycles. The van der Waals surface area contributed by atoms with Gasteiger partial charge in [-0.2, -0.15) is 13.2 Å². The Morgan fingerprint density at radius 2 is 2.00 bits per heavy atom. The number of amides is 3. The fourth-order valence-electron chi connectivity index (χ4n) is 2.98. The molecule has 1 aromatic heterocycles. The van der Waals surface area contributed by atoms with Crippen LogP contribution in [0.2, 0.25) is 0 Å². The van der Waals surface area contributed by atoms with Gasteiger partial charge in [-0.1, -0.05) is 24.3 Å². The van der Waals surface area contributed by atoms with E-state index in [2.05, 4.69) is 20.4 Å². The van der Waals surface area contributed by atoms with Gasteiger partial charge in [0.05, 0.1) is 11.9 Å². The van der Waals surface area contributed by atoms with E-state index in [1.165, 1.54) is 18.3 Å². The Morgan fingerprint density at radius 3 is 2.67 bits per heavy atom. The summed E-state index contributed by atoms with van der Waals surface area (Å²) in [6.07, 6.45) is -1.77. The number of carbonyl (C=O) groups is 2. The minimum atomic E-state index is -4.44. The second-order valence-corrected chi connectivity index (χ2v) is 6.84. The zero-order chi connectivity index (χ0) is 21.6. The van der Waals surface area contributed by atoms with Gasteiger partial charge in [-0.25, -0.2) is 9.78 Å². The zero-order valence-electron chi connectivity index (χ0n) is 16.0. The van der Waals surface area contributed by atoms with E-state index in [1.54, 1.807) is 0 Å². The number of carbonyl (C=O) groups excluding carboxylic acids is 2. The Bertz CT molecular complexity index is 888. The number of rotatable bonds is 7. The van der Waals surface area contributed by atoms with E-state index in [0.29, 0.717) is 18.7 Å². The van der Waals surface area contributed by atoms with Crippen LogP contribution in [0.25, 0.3) is 0 Å². The summed E-state index contributed by atoms with van der Waals surface area (Å²) in [6.45, 7) is 0.150. The van der Waals surface area contributed by atoms with Crippen LogP contribution < -0.4 is 15.4 Å². The van der Waals surface area contributed by atoms with Gasteiger partial charge in [-0.15, -0.1) is 0 Å². The number of pyridine rings is 1. The van der Waals surface area contributed by atoms with Crippen molar-refractivity contribution in [3.8, 4) is 5.88 Å². The van der Waals surface area contributed by atoms with Crippen molar-refractivity contribution < 1.29 is 27.5 Å². The number of halogens is 3. The summed E-state index contributed by atoms with van der Waals surface area (Å²) in [4.78, 5) is 29.3. The summed E-state index contributed by atoms with van der Waals surface area (Å²) in [6, 6.07) is 9.75. The summed E-state index contributed by atoms with van der Waals surface area (Å²) >= 11 is 0. The number of hydrogen-bond acceptors (Lipinski definition) is 4. The van der Waals surface area contributed by atoms with Crippen molar-refractivity contribution in [1.82, 2.24) is 15.2 Å². The van der Waals surface area contributed by atoms with Gasteiger partial charge in [0, 0.05) is 32.1 Å². The average Bonchev–Trinajstić information content (AvgIpc) is 3.10. The molecule has 0 unspecified atom stereocenters. The number of nitrogens with zero attached hydrogens (tertiary/aromatic N) is 2. The number of benzene rings is 1. The number of urea groups is 1. The first kappa shape index (κ1) is 21.4. The van der Waals surface area contributed by atoms with Crippen molar-refractivity contribution in [3.63, 3.8) is 0 Å². The van der Waals surface area contributed by atoms with Crippen molar-refractivity contribution >= 4 is 17.6 Å². The van der Waals surface area contributed by atoms with E-state index in [-0.39, 0.29) is 18.3 Å². The van der Waals surface area contributed by atoms with E-state index in [0.717, 1.165) is 24.1 Å². The molecule has 0 saturated carbocycles. The molecular formula is C20H21F3N4O3. The number of hydrogen-bond donors (Lipinski definition) is 2. The van der Waals surface area contributed by atoms with E-state index in [4.69, 9.17) is 0 Å². The molecule has 30 heavy (non-hydrogen) atoms. The molecule has 0 bridgehead atoms. The van der Waals surface area contributed by atoms with E-state index in [1.807, 2.05) is 29.2 Å². The smallest absolute Gasteiger partial charge is 0.422 e. The Balaban J connectivity index is 1.46. The molecule has 3 rings (SSSR count). The fraction of sp³-hybridized carbons (Fsp3) is 0.350. The predicted molar refractivity (Wildman–Crippen MR) is 103 cm³/mol. The molecule has 1 aliphatic rings. The summed E-state index contributed by atoms with van der Waals surface area (Å²) in [5.74, 6) is -0.0343. The van der Waals surface area contributed by atoms with Crippen LogP contribution in [0, 0.1) is 0 Å². The Hall–Kier alpha value is -3.30. The normalized spacial score (nSPS) is 14.0. The second-order valence-electron chi connectivity index (χ2n) is 6.84. The molecule has 1 aliphatic heterocycles. The number of likely N-dealkylation sites (tertiary alicyclic amines) is 1. The molecule has 0 radical (unpaired) electrons. The number of anilines is 1. The summed E-state index contributed by atoms with van der Waals surface area (Å²) in [5, 5.41) is 5.25. The third kappa shape index (κ3) is 6.64. The number of alkyl halides is 3. The van der Waals surface area contributed by atoms with Crippen LogP contribution in [0.5, 0.6) is 5.88 Å². The number of ether oxygens (including phenoxy) is 1. The first-order valence-corrected chi connectivity index (χ1v) is 9.34. The third-order valence-corrected chi connectivity index (χ3v) is 4.37. The highest BCUT2D eigenvalue weighted by molar-refractivity contribution is 5.89. The van der Waals surface area contributed by atoms with Gasteiger partial charge < -0.3 is 20.3 Å². The van der Waals surface area contributed by atoms with Gasteiger partial charge in [0.1, 0.15) is 0 Å². The Kier molecular flexibility index (Phi) is 6.76. The minimum Gasteiger partial charge on any atom is -0.468 e. The lowest BCUT2D eigenvalue weighted by molar-refractivity contribution is -0.154. The Morgan fingerprint density at radius 1 is 1.20 bits per heavy atom. The van der Waals surface area contributed by atoms with Crippen molar-refractivity contribution in [2.45, 2.75) is 32.1 Å². The van der Waals surface area contributed by atoms with Crippen LogP contribution in [0.3, 0.4) is 0 Å². The standard InChI is InChI=1S/C20H21F3N4O3/c21-20(22,23)13-30-17-7-6-16(11-24-17)26-19(29)25-10-14-3-1-4-15(9-14)12-27-8-2-5-18(27)28/h1,3-4,6-7,9,11H,2,5,8,10,12-13H2,(H2,25,26,29). The van der Waals surface area contributed by atoms with E-state index in [9.17, 15) is 22.8 Å². The van der Waals surface area contributed by atoms with Gasteiger partial charge in [0.2, 0.25) is 11.8 Å². The highest BCUT2D eigenvalue weighted by Crippen LogP contribution is 2.18. The summed E-state index contributed by atoms with van der Waals surface area (Å²) in [5.41, 5.74) is 2.18. The molecule has 1 fully saturated rings. The highest BCUT2D eigenvalue weighted by Gasteiger charge is 2.28. The SMILES string of the molecule is O=C(NCc1cccc(CN2CCCC2=O)c1)Nc1ccc(OCC(F)(F)F)nc1. The van der Waals surface area contributed by atoms with E-state index < -0.39 is 18.8 Å². The second kappa shape index (κ2) is 9.47. The minimum absolute atomic E-state index is 0.154. The van der Waals surface area contributed by atoms with Gasteiger partial charge in [-0.05, 0) is 23.6 Å². The van der Waals surface area contributed by atoms with Crippen LogP contribution in [-0.2, 0) is 17.9 Å². The van der Waals surface area contributed by atoms with Crippen molar-refractivity contribution in [2.75, 3.05) is 18.5 Å². The fourth-order valence-corrected chi connectivity index (χ4v) is 2.98. The lowest BCUT2D eigenvalue weighted by Gasteiger charge is -2.16. The maximum atomic E-state index is 12.1. The lowest BCUT2D eigenvalue weighted by Crippen LogP contribution is -2.28. The maximum Gasteiger partial charge on any atom is 0.422 e. The van der Waals surface area contributed by atoms with Crippen molar-refractivity contribution in [2.24, 2.45) is 0 Å². The number of aromatic nitrogens is 1.